The first kappa shape index (κ1) is 24.9. The Hall–Kier alpha value is -2.72. The molecule has 1 atom stereocenters. The standard InChI is InChI=1S/C23H23Br2N3O5/c1-4-13(3)22-27-18-7-6-15(24)9-16(18)23(31)28(22)26-11-14-8-19(32-5-2)20(10-17(14)25)33-12-21(29)30/h6-11,13H,4-5,12H2,1-3H3,(H,29,30)/t13-/m0/s1. The van der Waals surface area contributed by atoms with E-state index in [9.17, 15) is 9.59 Å². The lowest BCUT2D eigenvalue weighted by molar-refractivity contribution is -0.139. The lowest BCUT2D eigenvalue weighted by atomic mass is 10.1. The maximum absolute atomic E-state index is 13.3. The summed E-state index contributed by atoms with van der Waals surface area (Å²) in [5.74, 6) is 0.149. The van der Waals surface area contributed by atoms with Gasteiger partial charge in [0.1, 0.15) is 5.82 Å². The summed E-state index contributed by atoms with van der Waals surface area (Å²) in [7, 11) is 0. The Morgan fingerprint density at radius 1 is 1.21 bits per heavy atom. The van der Waals surface area contributed by atoms with Crippen molar-refractivity contribution in [3.05, 3.63) is 61.0 Å². The number of carboxylic acids is 1. The van der Waals surface area contributed by atoms with Crippen LogP contribution >= 0.6 is 31.9 Å². The minimum absolute atomic E-state index is 0.0112. The van der Waals surface area contributed by atoms with Gasteiger partial charge >= 0.3 is 5.97 Å². The molecule has 8 nitrogen and oxygen atoms in total. The van der Waals surface area contributed by atoms with E-state index in [4.69, 9.17) is 19.6 Å². The maximum atomic E-state index is 13.3. The van der Waals surface area contributed by atoms with Crippen molar-refractivity contribution < 1.29 is 19.4 Å². The fourth-order valence-corrected chi connectivity index (χ4v) is 3.86. The number of carbonyl (C=O) groups is 1. The zero-order chi connectivity index (χ0) is 24.1. The minimum atomic E-state index is -1.09. The van der Waals surface area contributed by atoms with E-state index >= 15 is 0 Å². The first-order chi connectivity index (χ1) is 15.7. The fraction of sp³-hybridized carbons (Fsp3) is 0.304. The molecule has 0 aliphatic rings. The van der Waals surface area contributed by atoms with Gasteiger partial charge in [-0.05, 0) is 59.6 Å². The molecule has 0 saturated carbocycles. The molecule has 0 radical (unpaired) electrons. The van der Waals surface area contributed by atoms with Gasteiger partial charge in [-0.15, -0.1) is 0 Å². The van der Waals surface area contributed by atoms with Gasteiger partial charge in [-0.25, -0.2) is 9.78 Å². The lowest BCUT2D eigenvalue weighted by Gasteiger charge is -2.15. The van der Waals surface area contributed by atoms with Crippen LogP contribution in [0.2, 0.25) is 0 Å². The number of nitrogens with zero attached hydrogens (tertiary/aromatic N) is 3. The predicted octanol–water partition coefficient (Wildman–Crippen LogP) is 5.18. The zero-order valence-corrected chi connectivity index (χ0v) is 21.5. The molecule has 0 saturated heterocycles. The molecule has 174 valence electrons. The smallest absolute Gasteiger partial charge is 0.341 e. The highest BCUT2D eigenvalue weighted by molar-refractivity contribution is 9.10. The first-order valence-corrected chi connectivity index (χ1v) is 11.9. The number of carboxylic acid groups (broad SMARTS) is 1. The lowest BCUT2D eigenvalue weighted by Crippen LogP contribution is -2.23. The van der Waals surface area contributed by atoms with Gasteiger partial charge < -0.3 is 14.6 Å². The van der Waals surface area contributed by atoms with E-state index in [2.05, 4.69) is 37.0 Å². The van der Waals surface area contributed by atoms with E-state index < -0.39 is 12.6 Å². The molecule has 1 N–H and O–H groups in total. The van der Waals surface area contributed by atoms with Gasteiger partial charge in [0.25, 0.3) is 5.56 Å². The molecular formula is C23H23Br2N3O5. The van der Waals surface area contributed by atoms with Gasteiger partial charge in [0, 0.05) is 20.4 Å². The van der Waals surface area contributed by atoms with Crippen molar-refractivity contribution in [2.75, 3.05) is 13.2 Å². The fourth-order valence-electron chi connectivity index (χ4n) is 3.07. The number of aromatic nitrogens is 2. The van der Waals surface area contributed by atoms with Crippen LogP contribution in [0.4, 0.5) is 0 Å². The zero-order valence-electron chi connectivity index (χ0n) is 18.3. The van der Waals surface area contributed by atoms with Crippen molar-refractivity contribution in [3.8, 4) is 11.5 Å². The highest BCUT2D eigenvalue weighted by Gasteiger charge is 2.16. The Balaban J connectivity index is 2.11. The molecule has 0 unspecified atom stereocenters. The Kier molecular flexibility index (Phi) is 8.25. The molecule has 1 aromatic heterocycles. The van der Waals surface area contributed by atoms with E-state index in [1.807, 2.05) is 32.9 Å². The van der Waals surface area contributed by atoms with Crippen molar-refractivity contribution in [2.45, 2.75) is 33.1 Å². The third-order valence-electron chi connectivity index (χ3n) is 4.91. The van der Waals surface area contributed by atoms with Gasteiger partial charge in [0.2, 0.25) is 0 Å². The Bertz CT molecular complexity index is 1270. The van der Waals surface area contributed by atoms with Crippen LogP contribution in [0.1, 0.15) is 44.5 Å². The second-order valence-electron chi connectivity index (χ2n) is 7.24. The van der Waals surface area contributed by atoms with Crippen LogP contribution in [0, 0.1) is 0 Å². The Morgan fingerprint density at radius 2 is 1.94 bits per heavy atom. The van der Waals surface area contributed by atoms with Crippen molar-refractivity contribution >= 4 is 54.9 Å². The summed E-state index contributed by atoms with van der Waals surface area (Å²) in [5, 5.41) is 13.8. The van der Waals surface area contributed by atoms with Gasteiger partial charge in [-0.3, -0.25) is 4.79 Å². The molecule has 0 fully saturated rings. The van der Waals surface area contributed by atoms with Crippen LogP contribution in [0.15, 0.2) is 49.2 Å². The summed E-state index contributed by atoms with van der Waals surface area (Å²) < 4.78 is 13.6. The molecule has 3 aromatic rings. The number of halogens is 2. The van der Waals surface area contributed by atoms with E-state index in [1.165, 1.54) is 10.9 Å². The van der Waals surface area contributed by atoms with Crippen LogP contribution in [-0.2, 0) is 4.79 Å². The van der Waals surface area contributed by atoms with Crippen LogP contribution in [0.5, 0.6) is 11.5 Å². The van der Waals surface area contributed by atoms with Crippen molar-refractivity contribution in [1.29, 1.82) is 0 Å². The van der Waals surface area contributed by atoms with Crippen LogP contribution in [0.3, 0.4) is 0 Å². The molecule has 0 spiro atoms. The summed E-state index contributed by atoms with van der Waals surface area (Å²) in [4.78, 5) is 28.8. The summed E-state index contributed by atoms with van der Waals surface area (Å²) >= 11 is 6.86. The van der Waals surface area contributed by atoms with Crippen molar-refractivity contribution in [3.63, 3.8) is 0 Å². The predicted molar refractivity (Wildman–Crippen MR) is 134 cm³/mol. The largest absolute Gasteiger partial charge is 0.490 e. The second-order valence-corrected chi connectivity index (χ2v) is 9.01. The quantitative estimate of drug-likeness (QED) is 0.350. The second kappa shape index (κ2) is 10.9. The highest BCUT2D eigenvalue weighted by atomic mass is 79.9. The van der Waals surface area contributed by atoms with Crippen molar-refractivity contribution in [2.24, 2.45) is 5.10 Å². The molecule has 1 heterocycles. The average Bonchev–Trinajstić information content (AvgIpc) is 2.78. The topological polar surface area (TPSA) is 103 Å². The number of ether oxygens (including phenoxy) is 2. The minimum Gasteiger partial charge on any atom is -0.490 e. The first-order valence-electron chi connectivity index (χ1n) is 10.3. The highest BCUT2D eigenvalue weighted by Crippen LogP contribution is 2.33. The van der Waals surface area contributed by atoms with Crippen molar-refractivity contribution in [1.82, 2.24) is 9.66 Å². The van der Waals surface area contributed by atoms with E-state index in [-0.39, 0.29) is 17.2 Å². The van der Waals surface area contributed by atoms with Crippen LogP contribution < -0.4 is 15.0 Å². The normalized spacial score (nSPS) is 12.3. The average molecular weight is 581 g/mol. The molecular weight excluding hydrogens is 558 g/mol. The molecule has 0 bridgehead atoms. The maximum Gasteiger partial charge on any atom is 0.341 e. The third-order valence-corrected chi connectivity index (χ3v) is 6.09. The van der Waals surface area contributed by atoms with E-state index in [1.54, 1.807) is 18.2 Å². The third kappa shape index (κ3) is 5.80. The Labute approximate surface area is 207 Å². The monoisotopic (exact) mass is 579 g/mol. The Morgan fingerprint density at radius 3 is 2.61 bits per heavy atom. The van der Waals surface area contributed by atoms with E-state index in [0.717, 1.165) is 10.9 Å². The summed E-state index contributed by atoms with van der Waals surface area (Å²) in [6.07, 6.45) is 2.32. The van der Waals surface area contributed by atoms with Crippen LogP contribution in [0.25, 0.3) is 10.9 Å². The number of rotatable bonds is 9. The number of aliphatic carboxylic acids is 1. The number of fused-ring (bicyclic) bond motifs is 1. The summed E-state index contributed by atoms with van der Waals surface area (Å²) in [5.41, 5.74) is 0.970. The molecule has 3 rings (SSSR count). The summed E-state index contributed by atoms with van der Waals surface area (Å²) in [6, 6.07) is 8.68. The molecule has 2 aromatic carbocycles. The number of benzene rings is 2. The molecule has 0 amide bonds. The van der Waals surface area contributed by atoms with Gasteiger partial charge in [0.15, 0.2) is 18.1 Å². The van der Waals surface area contributed by atoms with Gasteiger partial charge in [-0.1, -0.05) is 29.8 Å². The van der Waals surface area contributed by atoms with Crippen LogP contribution in [-0.4, -0.2) is 40.2 Å². The van der Waals surface area contributed by atoms with E-state index in [0.29, 0.717) is 39.1 Å². The molecule has 10 heteroatoms. The molecule has 0 aliphatic carbocycles. The van der Waals surface area contributed by atoms with Gasteiger partial charge in [0.05, 0.1) is 23.7 Å². The number of hydrogen-bond acceptors (Lipinski definition) is 6. The molecule has 0 aliphatic heterocycles. The SMILES string of the molecule is CCOc1cc(C=Nn2c([C@@H](C)CC)nc3ccc(Br)cc3c2=O)c(Br)cc1OCC(=O)O. The van der Waals surface area contributed by atoms with Gasteiger partial charge in [-0.2, -0.15) is 9.78 Å². The molecule has 33 heavy (non-hydrogen) atoms. The summed E-state index contributed by atoms with van der Waals surface area (Å²) in [6.45, 7) is 5.70. The number of hydrogen-bond donors (Lipinski definition) is 1.